The summed E-state index contributed by atoms with van der Waals surface area (Å²) in [4.78, 5) is 12.1. The highest BCUT2D eigenvalue weighted by Gasteiger charge is 2.21. The largest absolute Gasteiger partial charge is 0.497 e. The van der Waals surface area contributed by atoms with Crippen LogP contribution in [-0.4, -0.2) is 29.3 Å². The van der Waals surface area contributed by atoms with Gasteiger partial charge >= 0.3 is 0 Å². The summed E-state index contributed by atoms with van der Waals surface area (Å²) >= 11 is 0. The van der Waals surface area contributed by atoms with E-state index in [9.17, 15) is 4.79 Å². The Kier molecular flexibility index (Phi) is 4.13. The highest BCUT2D eigenvalue weighted by molar-refractivity contribution is 5.93. The quantitative estimate of drug-likeness (QED) is 0.942. The Morgan fingerprint density at radius 1 is 1.50 bits per heavy atom. The van der Waals surface area contributed by atoms with Crippen molar-refractivity contribution < 1.29 is 9.53 Å². The summed E-state index contributed by atoms with van der Waals surface area (Å²) in [6, 6.07) is 6.25. The van der Waals surface area contributed by atoms with Gasteiger partial charge in [-0.2, -0.15) is 5.10 Å². The van der Waals surface area contributed by atoms with Gasteiger partial charge in [0.2, 0.25) is 0 Å². The number of methoxy groups -OCH3 is 1. The van der Waals surface area contributed by atoms with Crippen LogP contribution in [0.25, 0.3) is 0 Å². The second-order valence-corrected chi connectivity index (χ2v) is 5.77. The van der Waals surface area contributed by atoms with Crippen LogP contribution in [0.1, 0.15) is 40.2 Å². The van der Waals surface area contributed by atoms with Crippen LogP contribution in [0.2, 0.25) is 0 Å². The summed E-state index contributed by atoms with van der Waals surface area (Å²) in [5, 5.41) is 7.06. The topological polar surface area (TPSA) is 56.1 Å². The minimum absolute atomic E-state index is 0.0614. The maximum atomic E-state index is 12.1. The van der Waals surface area contributed by atoms with E-state index in [1.54, 1.807) is 24.2 Å². The number of carbonyl (C=O) groups is 1. The van der Waals surface area contributed by atoms with Gasteiger partial charge in [0.05, 0.1) is 18.9 Å². The minimum Gasteiger partial charge on any atom is -0.497 e. The van der Waals surface area contributed by atoms with E-state index in [-0.39, 0.29) is 5.91 Å². The van der Waals surface area contributed by atoms with Crippen molar-refractivity contribution in [2.24, 2.45) is 7.05 Å². The van der Waals surface area contributed by atoms with Crippen molar-refractivity contribution in [3.05, 3.63) is 47.3 Å². The predicted octanol–water partition coefficient (Wildman–Crippen LogP) is 2.28. The van der Waals surface area contributed by atoms with Gasteiger partial charge in [-0.05, 0) is 42.5 Å². The number of carbonyl (C=O) groups excluding carboxylic acids is 1. The van der Waals surface area contributed by atoms with Gasteiger partial charge in [0, 0.05) is 25.7 Å². The molecule has 0 saturated heterocycles. The molecule has 5 heteroatoms. The fourth-order valence-electron chi connectivity index (χ4n) is 3.09. The predicted molar refractivity (Wildman–Crippen MR) is 84.2 cm³/mol. The first-order valence-corrected chi connectivity index (χ1v) is 7.61. The Bertz CT molecular complexity index is 678. The lowest BCUT2D eigenvalue weighted by atomic mass is 9.82. The van der Waals surface area contributed by atoms with E-state index in [0.29, 0.717) is 18.0 Å². The molecule has 0 radical (unpaired) electrons. The van der Waals surface area contributed by atoms with E-state index >= 15 is 0 Å². The molecule has 1 aromatic heterocycles. The molecule has 1 heterocycles. The zero-order valence-electron chi connectivity index (χ0n) is 13.0. The third-order valence-electron chi connectivity index (χ3n) is 4.26. The number of rotatable bonds is 4. The SMILES string of the molecule is COc1ccc2c(c1)CCC[C@H]2CNC(=O)c1cnn(C)c1. The second kappa shape index (κ2) is 6.22. The van der Waals surface area contributed by atoms with Crippen molar-refractivity contribution in [2.45, 2.75) is 25.2 Å². The Balaban J connectivity index is 1.68. The van der Waals surface area contributed by atoms with Crippen molar-refractivity contribution in [3.63, 3.8) is 0 Å². The first-order valence-electron chi connectivity index (χ1n) is 7.61. The first-order chi connectivity index (χ1) is 10.7. The van der Waals surface area contributed by atoms with Crippen molar-refractivity contribution >= 4 is 5.91 Å². The van der Waals surface area contributed by atoms with Gasteiger partial charge in [0.1, 0.15) is 5.75 Å². The van der Waals surface area contributed by atoms with E-state index < -0.39 is 0 Å². The molecular weight excluding hydrogens is 278 g/mol. The van der Waals surface area contributed by atoms with Crippen LogP contribution in [0.5, 0.6) is 5.75 Å². The number of hydrogen-bond donors (Lipinski definition) is 1. The van der Waals surface area contributed by atoms with E-state index in [1.807, 2.05) is 13.1 Å². The number of hydrogen-bond acceptors (Lipinski definition) is 3. The molecule has 22 heavy (non-hydrogen) atoms. The molecule has 0 aliphatic heterocycles. The molecule has 1 atom stereocenters. The number of aryl methyl sites for hydroxylation is 2. The number of amides is 1. The minimum atomic E-state index is -0.0614. The van der Waals surface area contributed by atoms with E-state index in [2.05, 4.69) is 22.5 Å². The van der Waals surface area contributed by atoms with Gasteiger partial charge in [0.15, 0.2) is 0 Å². The average Bonchev–Trinajstić information content (AvgIpc) is 2.98. The molecule has 0 fully saturated rings. The van der Waals surface area contributed by atoms with Crippen molar-refractivity contribution in [1.29, 1.82) is 0 Å². The maximum absolute atomic E-state index is 12.1. The van der Waals surface area contributed by atoms with Crippen molar-refractivity contribution in [3.8, 4) is 5.75 Å². The molecule has 116 valence electrons. The van der Waals surface area contributed by atoms with Gasteiger partial charge in [-0.3, -0.25) is 9.48 Å². The van der Waals surface area contributed by atoms with Gasteiger partial charge in [-0.1, -0.05) is 6.07 Å². The fourth-order valence-corrected chi connectivity index (χ4v) is 3.09. The van der Waals surface area contributed by atoms with Crippen LogP contribution < -0.4 is 10.1 Å². The van der Waals surface area contributed by atoms with Gasteiger partial charge in [0.25, 0.3) is 5.91 Å². The lowest BCUT2D eigenvalue weighted by Gasteiger charge is -2.26. The number of nitrogens with zero attached hydrogens (tertiary/aromatic N) is 2. The Morgan fingerprint density at radius 2 is 2.36 bits per heavy atom. The summed E-state index contributed by atoms with van der Waals surface area (Å²) in [7, 11) is 3.50. The van der Waals surface area contributed by atoms with Crippen LogP contribution in [0.4, 0.5) is 0 Å². The molecule has 0 spiro atoms. The van der Waals surface area contributed by atoms with Gasteiger partial charge < -0.3 is 10.1 Å². The Labute approximate surface area is 130 Å². The number of benzene rings is 1. The second-order valence-electron chi connectivity index (χ2n) is 5.77. The molecule has 0 saturated carbocycles. The van der Waals surface area contributed by atoms with E-state index in [0.717, 1.165) is 25.0 Å². The Morgan fingerprint density at radius 3 is 3.09 bits per heavy atom. The lowest BCUT2D eigenvalue weighted by Crippen LogP contribution is -2.29. The van der Waals surface area contributed by atoms with Crippen LogP contribution in [-0.2, 0) is 13.5 Å². The molecular formula is C17H21N3O2. The highest BCUT2D eigenvalue weighted by atomic mass is 16.5. The van der Waals surface area contributed by atoms with Crippen LogP contribution in [0, 0.1) is 0 Å². The van der Waals surface area contributed by atoms with Gasteiger partial charge in [-0.25, -0.2) is 0 Å². The monoisotopic (exact) mass is 299 g/mol. The molecule has 5 nitrogen and oxygen atoms in total. The molecule has 0 unspecified atom stereocenters. The molecule has 0 bridgehead atoms. The molecule has 2 aromatic rings. The Hall–Kier alpha value is -2.30. The third kappa shape index (κ3) is 2.98. The third-order valence-corrected chi connectivity index (χ3v) is 4.26. The number of fused-ring (bicyclic) bond motifs is 1. The summed E-state index contributed by atoms with van der Waals surface area (Å²) in [6.45, 7) is 0.660. The smallest absolute Gasteiger partial charge is 0.254 e. The van der Waals surface area contributed by atoms with Crippen LogP contribution in [0.3, 0.4) is 0 Å². The normalized spacial score (nSPS) is 16.9. The standard InChI is InChI=1S/C17H21N3O2/c1-20-11-14(10-19-20)17(21)18-9-13-5-3-4-12-8-15(22-2)6-7-16(12)13/h6-8,10-11,13H,3-5,9H2,1-2H3,(H,18,21)/t13-/m0/s1. The zero-order valence-corrected chi connectivity index (χ0v) is 13.0. The molecule has 1 amide bonds. The van der Waals surface area contributed by atoms with Crippen LogP contribution >= 0.6 is 0 Å². The molecule has 1 aromatic carbocycles. The van der Waals surface area contributed by atoms with Gasteiger partial charge in [-0.15, -0.1) is 0 Å². The average molecular weight is 299 g/mol. The van der Waals surface area contributed by atoms with Crippen LogP contribution in [0.15, 0.2) is 30.6 Å². The summed E-state index contributed by atoms with van der Waals surface area (Å²) < 4.78 is 6.93. The first kappa shape index (κ1) is 14.6. The van der Waals surface area contributed by atoms with Crippen molar-refractivity contribution in [1.82, 2.24) is 15.1 Å². The summed E-state index contributed by atoms with van der Waals surface area (Å²) in [5.74, 6) is 1.21. The summed E-state index contributed by atoms with van der Waals surface area (Å²) in [6.07, 6.45) is 6.66. The molecule has 1 aliphatic rings. The zero-order chi connectivity index (χ0) is 15.5. The summed E-state index contributed by atoms with van der Waals surface area (Å²) in [5.41, 5.74) is 3.28. The fraction of sp³-hybridized carbons (Fsp3) is 0.412. The molecule has 1 aliphatic carbocycles. The highest BCUT2D eigenvalue weighted by Crippen LogP contribution is 2.33. The van der Waals surface area contributed by atoms with E-state index in [4.69, 9.17) is 4.74 Å². The number of ether oxygens (including phenoxy) is 1. The number of aromatic nitrogens is 2. The molecule has 3 rings (SSSR count). The maximum Gasteiger partial charge on any atom is 0.254 e. The number of nitrogens with one attached hydrogen (secondary N) is 1. The van der Waals surface area contributed by atoms with Crippen molar-refractivity contribution in [2.75, 3.05) is 13.7 Å². The van der Waals surface area contributed by atoms with E-state index in [1.165, 1.54) is 11.1 Å². The molecule has 1 N–H and O–H groups in total. The lowest BCUT2D eigenvalue weighted by molar-refractivity contribution is 0.0950.